The Morgan fingerprint density at radius 3 is 2.29 bits per heavy atom. The van der Waals surface area contributed by atoms with Gasteiger partial charge in [0.15, 0.2) is 0 Å². The topological polar surface area (TPSA) is 95.5 Å². The number of carboxylic acid groups (broad SMARTS) is 1. The molecule has 1 aromatic carbocycles. The Bertz CT molecular complexity index is 608. The summed E-state index contributed by atoms with van der Waals surface area (Å²) < 4.78 is 0. The van der Waals surface area contributed by atoms with Crippen molar-refractivity contribution in [2.75, 3.05) is 0 Å². The standard InChI is InChI=1S/C18H24N2O4/c1-4-5-6-15(18(23)24)20-17(22)11-16(19-13(3)21)14-9-7-12(2)8-10-14/h4-5,7-10,15-16H,6,11H2,1-3H3,(H,19,21)(H,20,22)(H,23,24)/b5-4+. The second-order valence-electron chi connectivity index (χ2n) is 5.63. The van der Waals surface area contributed by atoms with Crippen LogP contribution < -0.4 is 10.6 Å². The molecule has 0 fully saturated rings. The Labute approximate surface area is 141 Å². The highest BCUT2D eigenvalue weighted by Gasteiger charge is 2.22. The third kappa shape index (κ3) is 6.64. The van der Waals surface area contributed by atoms with Crippen LogP contribution in [0.3, 0.4) is 0 Å². The minimum atomic E-state index is -1.09. The maximum atomic E-state index is 12.2. The lowest BCUT2D eigenvalue weighted by atomic mass is 10.0. The molecular formula is C18H24N2O4. The summed E-state index contributed by atoms with van der Waals surface area (Å²) in [7, 11) is 0. The maximum Gasteiger partial charge on any atom is 0.326 e. The van der Waals surface area contributed by atoms with E-state index in [2.05, 4.69) is 10.6 Å². The van der Waals surface area contributed by atoms with Crippen LogP contribution in [-0.4, -0.2) is 28.9 Å². The molecule has 1 aromatic rings. The Balaban J connectivity index is 2.81. The summed E-state index contributed by atoms with van der Waals surface area (Å²) in [6.45, 7) is 5.11. The molecule has 6 nitrogen and oxygen atoms in total. The molecule has 0 bridgehead atoms. The molecule has 2 atom stereocenters. The fourth-order valence-electron chi connectivity index (χ4n) is 2.23. The van der Waals surface area contributed by atoms with Crippen molar-refractivity contribution in [3.63, 3.8) is 0 Å². The van der Waals surface area contributed by atoms with E-state index >= 15 is 0 Å². The van der Waals surface area contributed by atoms with Crippen molar-refractivity contribution in [3.05, 3.63) is 47.5 Å². The van der Waals surface area contributed by atoms with E-state index in [1.165, 1.54) is 6.92 Å². The lowest BCUT2D eigenvalue weighted by Gasteiger charge is -2.20. The van der Waals surface area contributed by atoms with E-state index in [4.69, 9.17) is 5.11 Å². The van der Waals surface area contributed by atoms with E-state index in [-0.39, 0.29) is 18.7 Å². The summed E-state index contributed by atoms with van der Waals surface area (Å²) in [5, 5.41) is 14.4. The van der Waals surface area contributed by atoms with Gasteiger partial charge in [-0.1, -0.05) is 42.0 Å². The predicted molar refractivity (Wildman–Crippen MR) is 91.4 cm³/mol. The number of carbonyl (C=O) groups excluding carboxylic acids is 2. The van der Waals surface area contributed by atoms with Crippen molar-refractivity contribution < 1.29 is 19.5 Å². The number of hydrogen-bond acceptors (Lipinski definition) is 3. The number of aliphatic carboxylic acids is 1. The first-order chi connectivity index (χ1) is 11.3. The number of nitrogens with one attached hydrogen (secondary N) is 2. The zero-order valence-corrected chi connectivity index (χ0v) is 14.2. The van der Waals surface area contributed by atoms with Gasteiger partial charge in [0.25, 0.3) is 0 Å². The van der Waals surface area contributed by atoms with E-state index in [1.807, 2.05) is 31.2 Å². The average molecular weight is 332 g/mol. The van der Waals surface area contributed by atoms with Gasteiger partial charge in [0.1, 0.15) is 6.04 Å². The molecule has 1 rings (SSSR count). The van der Waals surface area contributed by atoms with Crippen LogP contribution in [0.5, 0.6) is 0 Å². The monoisotopic (exact) mass is 332 g/mol. The molecule has 0 aliphatic carbocycles. The van der Waals surface area contributed by atoms with Crippen LogP contribution in [-0.2, 0) is 14.4 Å². The molecule has 0 saturated heterocycles. The van der Waals surface area contributed by atoms with Gasteiger partial charge in [-0.25, -0.2) is 4.79 Å². The Morgan fingerprint density at radius 1 is 1.17 bits per heavy atom. The van der Waals surface area contributed by atoms with E-state index in [1.54, 1.807) is 19.1 Å². The predicted octanol–water partition coefficient (Wildman–Crippen LogP) is 2.10. The molecule has 2 amide bonds. The Hall–Kier alpha value is -2.63. The minimum absolute atomic E-state index is 0.0255. The Morgan fingerprint density at radius 2 is 1.79 bits per heavy atom. The summed E-state index contributed by atoms with van der Waals surface area (Å²) in [4.78, 5) is 34.8. The fourth-order valence-corrected chi connectivity index (χ4v) is 2.23. The van der Waals surface area contributed by atoms with E-state index in [0.717, 1.165) is 11.1 Å². The molecule has 130 valence electrons. The number of hydrogen-bond donors (Lipinski definition) is 3. The first-order valence-electron chi connectivity index (χ1n) is 7.80. The summed E-state index contributed by atoms with van der Waals surface area (Å²) >= 11 is 0. The molecule has 6 heteroatoms. The van der Waals surface area contributed by atoms with Crippen LogP contribution in [0.4, 0.5) is 0 Å². The van der Waals surface area contributed by atoms with Gasteiger partial charge in [0, 0.05) is 6.92 Å². The fraction of sp³-hybridized carbons (Fsp3) is 0.389. The lowest BCUT2D eigenvalue weighted by Crippen LogP contribution is -2.42. The van der Waals surface area contributed by atoms with Crippen molar-refractivity contribution in [2.45, 2.75) is 45.7 Å². The molecule has 3 N–H and O–H groups in total. The van der Waals surface area contributed by atoms with Crippen LogP contribution in [0, 0.1) is 6.92 Å². The average Bonchev–Trinajstić information content (AvgIpc) is 2.50. The van der Waals surface area contributed by atoms with Gasteiger partial charge >= 0.3 is 5.97 Å². The quantitative estimate of drug-likeness (QED) is 0.635. The molecule has 0 heterocycles. The largest absolute Gasteiger partial charge is 0.480 e. The van der Waals surface area contributed by atoms with Crippen LogP contribution in [0.1, 0.15) is 43.9 Å². The molecular weight excluding hydrogens is 308 g/mol. The van der Waals surface area contributed by atoms with Crippen molar-refractivity contribution in [3.8, 4) is 0 Å². The smallest absolute Gasteiger partial charge is 0.326 e. The number of aryl methyl sites for hydroxylation is 1. The number of benzene rings is 1. The first kappa shape index (κ1) is 19.4. The van der Waals surface area contributed by atoms with Crippen LogP contribution in [0.2, 0.25) is 0 Å². The molecule has 0 spiro atoms. The second kappa shape index (κ2) is 9.50. The van der Waals surface area contributed by atoms with E-state index in [0.29, 0.717) is 0 Å². The highest BCUT2D eigenvalue weighted by atomic mass is 16.4. The summed E-state index contributed by atoms with van der Waals surface area (Å²) in [5.74, 6) is -1.77. The normalized spacial score (nSPS) is 13.3. The number of allylic oxidation sites excluding steroid dienone is 1. The van der Waals surface area contributed by atoms with Crippen molar-refractivity contribution in [2.24, 2.45) is 0 Å². The van der Waals surface area contributed by atoms with Gasteiger partial charge < -0.3 is 15.7 Å². The van der Waals surface area contributed by atoms with Crippen LogP contribution in [0.15, 0.2) is 36.4 Å². The van der Waals surface area contributed by atoms with Crippen LogP contribution in [0.25, 0.3) is 0 Å². The highest BCUT2D eigenvalue weighted by Crippen LogP contribution is 2.17. The van der Waals surface area contributed by atoms with Gasteiger partial charge in [0.05, 0.1) is 12.5 Å². The van der Waals surface area contributed by atoms with Crippen molar-refractivity contribution in [1.29, 1.82) is 0 Å². The van der Waals surface area contributed by atoms with Gasteiger partial charge in [-0.2, -0.15) is 0 Å². The molecule has 0 aromatic heterocycles. The van der Waals surface area contributed by atoms with Crippen molar-refractivity contribution >= 4 is 17.8 Å². The zero-order valence-electron chi connectivity index (χ0n) is 14.2. The summed E-state index contributed by atoms with van der Waals surface area (Å²) in [5.41, 5.74) is 1.87. The summed E-state index contributed by atoms with van der Waals surface area (Å²) in [6, 6.07) is 6.00. The SMILES string of the molecule is C/C=C/CC(NC(=O)CC(NC(C)=O)c1ccc(C)cc1)C(=O)O. The van der Waals surface area contributed by atoms with E-state index in [9.17, 15) is 14.4 Å². The van der Waals surface area contributed by atoms with Gasteiger partial charge in [0.2, 0.25) is 11.8 Å². The lowest BCUT2D eigenvalue weighted by molar-refractivity contribution is -0.141. The first-order valence-corrected chi connectivity index (χ1v) is 7.80. The second-order valence-corrected chi connectivity index (χ2v) is 5.63. The third-order valence-corrected chi connectivity index (χ3v) is 3.49. The van der Waals surface area contributed by atoms with Crippen LogP contribution >= 0.6 is 0 Å². The molecule has 0 aliphatic rings. The highest BCUT2D eigenvalue weighted by molar-refractivity contribution is 5.84. The molecule has 24 heavy (non-hydrogen) atoms. The number of carbonyl (C=O) groups is 3. The molecule has 2 unspecified atom stereocenters. The zero-order chi connectivity index (χ0) is 18.1. The molecule has 0 aliphatic heterocycles. The maximum absolute atomic E-state index is 12.2. The molecule has 0 saturated carbocycles. The van der Waals surface area contributed by atoms with Gasteiger partial charge in [-0.15, -0.1) is 0 Å². The third-order valence-electron chi connectivity index (χ3n) is 3.49. The van der Waals surface area contributed by atoms with Gasteiger partial charge in [-0.05, 0) is 25.8 Å². The van der Waals surface area contributed by atoms with Gasteiger partial charge in [-0.3, -0.25) is 9.59 Å². The summed E-state index contributed by atoms with van der Waals surface area (Å²) in [6.07, 6.45) is 3.61. The number of amides is 2. The Kier molecular flexibility index (Phi) is 7.68. The molecule has 0 radical (unpaired) electrons. The van der Waals surface area contributed by atoms with E-state index < -0.39 is 24.0 Å². The number of rotatable bonds is 8. The minimum Gasteiger partial charge on any atom is -0.480 e. The number of carboxylic acids is 1. The van der Waals surface area contributed by atoms with Crippen molar-refractivity contribution in [1.82, 2.24) is 10.6 Å².